The standard InChI is InChI=1S/C13H11ClN2OS/c1-3-8-16-12-9(14)6-5-7-10(12)18-13(16)15-11(17)4-2/h1,5-7H,4,8H2,2H3. The number of terminal acetylenes is 1. The van der Waals surface area contributed by atoms with Gasteiger partial charge in [0.25, 0.3) is 0 Å². The molecule has 1 aromatic carbocycles. The van der Waals surface area contributed by atoms with Crippen molar-refractivity contribution >= 4 is 39.1 Å². The first-order valence-corrected chi connectivity index (χ1v) is 6.65. The Labute approximate surface area is 114 Å². The molecule has 2 aromatic rings. The fourth-order valence-corrected chi connectivity index (χ4v) is 3.00. The van der Waals surface area contributed by atoms with Crippen molar-refractivity contribution in [1.29, 1.82) is 0 Å². The summed E-state index contributed by atoms with van der Waals surface area (Å²) in [7, 11) is 0. The van der Waals surface area contributed by atoms with Crippen LogP contribution in [0.2, 0.25) is 5.02 Å². The Morgan fingerprint density at radius 3 is 3.06 bits per heavy atom. The molecule has 0 N–H and O–H groups in total. The van der Waals surface area contributed by atoms with E-state index in [9.17, 15) is 4.79 Å². The summed E-state index contributed by atoms with van der Waals surface area (Å²) in [5.41, 5.74) is 0.838. The topological polar surface area (TPSA) is 34.4 Å². The van der Waals surface area contributed by atoms with Crippen molar-refractivity contribution in [3.8, 4) is 12.3 Å². The first kappa shape index (κ1) is 12.9. The normalized spacial score (nSPS) is 11.7. The highest BCUT2D eigenvalue weighted by Gasteiger charge is 2.09. The Bertz CT molecular complexity index is 706. The fourth-order valence-electron chi connectivity index (χ4n) is 1.60. The highest BCUT2D eigenvalue weighted by atomic mass is 35.5. The third kappa shape index (κ3) is 2.33. The Hall–Kier alpha value is -1.57. The second-order valence-electron chi connectivity index (χ2n) is 3.62. The van der Waals surface area contributed by atoms with Crippen LogP contribution in [-0.4, -0.2) is 10.5 Å². The summed E-state index contributed by atoms with van der Waals surface area (Å²) in [5, 5.41) is 0.615. The molecule has 1 amide bonds. The quantitative estimate of drug-likeness (QED) is 0.778. The summed E-state index contributed by atoms with van der Waals surface area (Å²) in [4.78, 5) is 16.1. The van der Waals surface area contributed by atoms with Crippen molar-refractivity contribution in [1.82, 2.24) is 4.57 Å². The van der Waals surface area contributed by atoms with Gasteiger partial charge in [-0.1, -0.05) is 41.8 Å². The van der Waals surface area contributed by atoms with Gasteiger partial charge in [-0.05, 0) is 12.1 Å². The number of benzene rings is 1. The van der Waals surface area contributed by atoms with Crippen LogP contribution in [0, 0.1) is 12.3 Å². The van der Waals surface area contributed by atoms with Gasteiger partial charge in [0.15, 0.2) is 4.80 Å². The predicted octanol–water partition coefficient (Wildman–Crippen LogP) is 2.83. The summed E-state index contributed by atoms with van der Waals surface area (Å²) in [5.74, 6) is 2.40. The number of aromatic nitrogens is 1. The van der Waals surface area contributed by atoms with Gasteiger partial charge >= 0.3 is 0 Å². The van der Waals surface area contributed by atoms with E-state index in [0.717, 1.165) is 10.2 Å². The van der Waals surface area contributed by atoms with Crippen LogP contribution in [0.3, 0.4) is 0 Å². The fraction of sp³-hybridized carbons (Fsp3) is 0.231. The van der Waals surface area contributed by atoms with Gasteiger partial charge in [0.2, 0.25) is 5.91 Å². The number of hydrogen-bond acceptors (Lipinski definition) is 2. The van der Waals surface area contributed by atoms with Gasteiger partial charge in [0.1, 0.15) is 0 Å². The molecule has 0 spiro atoms. The van der Waals surface area contributed by atoms with Crippen molar-refractivity contribution in [2.24, 2.45) is 4.99 Å². The van der Waals surface area contributed by atoms with Crippen LogP contribution >= 0.6 is 22.9 Å². The van der Waals surface area contributed by atoms with Gasteiger partial charge in [-0.3, -0.25) is 4.79 Å². The molecule has 0 fully saturated rings. The lowest BCUT2D eigenvalue weighted by molar-refractivity contribution is -0.117. The first-order valence-electron chi connectivity index (χ1n) is 5.46. The van der Waals surface area contributed by atoms with Crippen LogP contribution in [0.15, 0.2) is 23.2 Å². The van der Waals surface area contributed by atoms with Crippen LogP contribution in [0.4, 0.5) is 0 Å². The molecule has 0 bridgehead atoms. The number of carbonyl (C=O) groups excluding carboxylic acids is 1. The van der Waals surface area contributed by atoms with E-state index in [1.54, 1.807) is 17.6 Å². The molecule has 92 valence electrons. The third-order valence-electron chi connectivity index (χ3n) is 2.42. The lowest BCUT2D eigenvalue weighted by atomic mass is 10.3. The number of carbonyl (C=O) groups is 1. The number of nitrogens with zero attached hydrogens (tertiary/aromatic N) is 2. The molecule has 1 heterocycles. The van der Waals surface area contributed by atoms with Gasteiger partial charge in [0, 0.05) is 6.42 Å². The third-order valence-corrected chi connectivity index (χ3v) is 3.77. The minimum Gasteiger partial charge on any atom is -0.303 e. The van der Waals surface area contributed by atoms with Crippen molar-refractivity contribution in [2.45, 2.75) is 19.9 Å². The van der Waals surface area contributed by atoms with Crippen molar-refractivity contribution in [3.63, 3.8) is 0 Å². The molecular formula is C13H11ClN2OS. The molecule has 0 atom stereocenters. The van der Waals surface area contributed by atoms with Crippen molar-refractivity contribution < 1.29 is 4.79 Å². The van der Waals surface area contributed by atoms with Gasteiger partial charge in [-0.2, -0.15) is 4.99 Å². The maximum atomic E-state index is 11.4. The molecule has 0 aliphatic heterocycles. The second-order valence-corrected chi connectivity index (χ2v) is 5.04. The number of hydrogen-bond donors (Lipinski definition) is 0. The van der Waals surface area contributed by atoms with Gasteiger partial charge in [-0.15, -0.1) is 6.42 Å². The van der Waals surface area contributed by atoms with E-state index in [1.165, 1.54) is 11.3 Å². The Kier molecular flexibility index (Phi) is 3.85. The Morgan fingerprint density at radius 2 is 2.39 bits per heavy atom. The van der Waals surface area contributed by atoms with Gasteiger partial charge in [0.05, 0.1) is 21.8 Å². The number of thiazole rings is 1. The van der Waals surface area contributed by atoms with E-state index in [4.69, 9.17) is 18.0 Å². The summed E-state index contributed by atoms with van der Waals surface area (Å²) >= 11 is 7.59. The highest BCUT2D eigenvalue weighted by Crippen LogP contribution is 2.25. The first-order chi connectivity index (χ1) is 8.67. The maximum Gasteiger partial charge on any atom is 0.248 e. The average Bonchev–Trinajstić information content (AvgIpc) is 2.69. The SMILES string of the molecule is C#CCn1c(=NC(=O)CC)sc2cccc(Cl)c21. The molecule has 3 nitrogen and oxygen atoms in total. The minimum absolute atomic E-state index is 0.163. The minimum atomic E-state index is -0.163. The average molecular weight is 279 g/mol. The van der Waals surface area contributed by atoms with E-state index in [0.29, 0.717) is 22.8 Å². The van der Waals surface area contributed by atoms with Crippen LogP contribution in [-0.2, 0) is 11.3 Å². The van der Waals surface area contributed by atoms with Crippen LogP contribution in [0.5, 0.6) is 0 Å². The van der Waals surface area contributed by atoms with E-state index in [1.807, 2.05) is 12.1 Å². The zero-order valence-electron chi connectivity index (χ0n) is 9.81. The molecule has 0 unspecified atom stereocenters. The molecule has 2 rings (SSSR count). The monoisotopic (exact) mass is 278 g/mol. The van der Waals surface area contributed by atoms with Crippen LogP contribution in [0.25, 0.3) is 10.2 Å². The van der Waals surface area contributed by atoms with E-state index in [2.05, 4.69) is 10.9 Å². The molecular weight excluding hydrogens is 268 g/mol. The lowest BCUT2D eigenvalue weighted by Crippen LogP contribution is -2.16. The number of rotatable bonds is 2. The number of fused-ring (bicyclic) bond motifs is 1. The zero-order chi connectivity index (χ0) is 13.1. The molecule has 1 aromatic heterocycles. The molecule has 5 heteroatoms. The number of halogens is 1. The van der Waals surface area contributed by atoms with E-state index >= 15 is 0 Å². The zero-order valence-corrected chi connectivity index (χ0v) is 11.4. The van der Waals surface area contributed by atoms with Crippen LogP contribution in [0.1, 0.15) is 13.3 Å². The summed E-state index contributed by atoms with van der Waals surface area (Å²) in [6.45, 7) is 2.12. The van der Waals surface area contributed by atoms with Crippen molar-refractivity contribution in [2.75, 3.05) is 0 Å². The van der Waals surface area contributed by atoms with E-state index in [-0.39, 0.29) is 5.91 Å². The molecule has 18 heavy (non-hydrogen) atoms. The van der Waals surface area contributed by atoms with Crippen molar-refractivity contribution in [3.05, 3.63) is 28.0 Å². The Morgan fingerprint density at radius 1 is 1.61 bits per heavy atom. The summed E-state index contributed by atoms with van der Waals surface area (Å²) in [6, 6.07) is 5.61. The molecule has 0 aliphatic carbocycles. The number of para-hydroxylation sites is 1. The maximum absolute atomic E-state index is 11.4. The second kappa shape index (κ2) is 5.38. The van der Waals surface area contributed by atoms with E-state index < -0.39 is 0 Å². The molecule has 0 radical (unpaired) electrons. The largest absolute Gasteiger partial charge is 0.303 e. The smallest absolute Gasteiger partial charge is 0.248 e. The summed E-state index contributed by atoms with van der Waals surface area (Å²) < 4.78 is 2.77. The number of amides is 1. The van der Waals surface area contributed by atoms with Crippen LogP contribution < -0.4 is 4.80 Å². The predicted molar refractivity (Wildman–Crippen MR) is 74.5 cm³/mol. The van der Waals surface area contributed by atoms with Gasteiger partial charge in [-0.25, -0.2) is 0 Å². The summed E-state index contributed by atoms with van der Waals surface area (Å²) in [6.07, 6.45) is 5.73. The Balaban J connectivity index is 2.79. The highest BCUT2D eigenvalue weighted by molar-refractivity contribution is 7.16. The lowest BCUT2D eigenvalue weighted by Gasteiger charge is -2.01. The van der Waals surface area contributed by atoms with Gasteiger partial charge < -0.3 is 4.57 Å². The molecule has 0 saturated carbocycles. The molecule has 0 aliphatic rings. The molecule has 0 saturated heterocycles.